The van der Waals surface area contributed by atoms with E-state index in [2.05, 4.69) is 10.2 Å². The van der Waals surface area contributed by atoms with E-state index < -0.39 is 5.60 Å². The van der Waals surface area contributed by atoms with Crippen molar-refractivity contribution in [1.29, 1.82) is 0 Å². The molecule has 1 saturated heterocycles. The molecule has 0 aromatic heterocycles. The van der Waals surface area contributed by atoms with E-state index in [9.17, 15) is 4.79 Å². The third kappa shape index (κ3) is 7.15. The lowest BCUT2D eigenvalue weighted by Crippen LogP contribution is -2.41. The smallest absolute Gasteiger partial charge is 0.256 e. The molecule has 0 bridgehead atoms. The van der Waals surface area contributed by atoms with E-state index in [4.69, 9.17) is 9.47 Å². The predicted octanol–water partition coefficient (Wildman–Crippen LogP) is 4.48. The average molecular weight is 377 g/mol. The Kier molecular flexibility index (Phi) is 9.08. The van der Waals surface area contributed by atoms with Crippen molar-refractivity contribution in [3.05, 3.63) is 24.3 Å². The number of rotatable bonds is 10. The van der Waals surface area contributed by atoms with Crippen LogP contribution < -0.4 is 10.1 Å². The molecule has 1 atom stereocenters. The van der Waals surface area contributed by atoms with Gasteiger partial charge in [-0.15, -0.1) is 0 Å². The summed E-state index contributed by atoms with van der Waals surface area (Å²) >= 11 is 0. The highest BCUT2D eigenvalue weighted by atomic mass is 16.5. The molecule has 1 aliphatic heterocycles. The van der Waals surface area contributed by atoms with Crippen molar-refractivity contribution >= 4 is 11.6 Å². The molecule has 0 radical (unpaired) electrons. The van der Waals surface area contributed by atoms with Crippen molar-refractivity contribution in [2.24, 2.45) is 0 Å². The van der Waals surface area contributed by atoms with Gasteiger partial charge < -0.3 is 19.7 Å². The first kappa shape index (κ1) is 21.7. The zero-order chi connectivity index (χ0) is 19.5. The predicted molar refractivity (Wildman–Crippen MR) is 110 cm³/mol. The molecule has 2 rings (SSSR count). The summed E-state index contributed by atoms with van der Waals surface area (Å²) in [5, 5.41) is 2.94. The van der Waals surface area contributed by atoms with Gasteiger partial charge in [0.2, 0.25) is 0 Å². The lowest BCUT2D eigenvalue weighted by atomic mass is 9.99. The normalized spacial score (nSPS) is 17.7. The van der Waals surface area contributed by atoms with Crippen LogP contribution in [0.1, 0.15) is 58.8 Å². The Labute approximate surface area is 164 Å². The van der Waals surface area contributed by atoms with Gasteiger partial charge in [0, 0.05) is 19.3 Å². The standard InChI is InChI=1S/C22H36N2O3/c1-4-14-22(2,26-3)21(25)23-19-10-12-20(13-11-19)27-18-9-17-24-15-7-5-6-8-16-24/h10-13H,4-9,14-18H2,1-3H3,(H,23,25)/t22-/m1/s1. The highest BCUT2D eigenvalue weighted by Gasteiger charge is 2.32. The van der Waals surface area contributed by atoms with Crippen LogP contribution in [0.15, 0.2) is 24.3 Å². The summed E-state index contributed by atoms with van der Waals surface area (Å²) in [4.78, 5) is 15.0. The van der Waals surface area contributed by atoms with Crippen molar-refractivity contribution < 1.29 is 14.3 Å². The van der Waals surface area contributed by atoms with Gasteiger partial charge in [-0.25, -0.2) is 0 Å². The van der Waals surface area contributed by atoms with Crippen LogP contribution in [-0.4, -0.2) is 49.8 Å². The van der Waals surface area contributed by atoms with Gasteiger partial charge in [-0.1, -0.05) is 26.2 Å². The molecule has 1 heterocycles. The van der Waals surface area contributed by atoms with Crippen molar-refractivity contribution in [1.82, 2.24) is 4.90 Å². The quantitative estimate of drug-likeness (QED) is 0.612. The molecular weight excluding hydrogens is 340 g/mol. The van der Waals surface area contributed by atoms with Gasteiger partial charge in [0.15, 0.2) is 0 Å². The summed E-state index contributed by atoms with van der Waals surface area (Å²) in [6.07, 6.45) is 8.02. The van der Waals surface area contributed by atoms with Gasteiger partial charge >= 0.3 is 0 Å². The SMILES string of the molecule is CCC[C@@](C)(OC)C(=O)Nc1ccc(OCCCN2CCCCCC2)cc1. The third-order valence-electron chi connectivity index (χ3n) is 5.36. The van der Waals surface area contributed by atoms with Gasteiger partial charge in [-0.05, 0) is 70.0 Å². The Bertz CT molecular complexity index is 553. The lowest BCUT2D eigenvalue weighted by Gasteiger charge is -2.26. The summed E-state index contributed by atoms with van der Waals surface area (Å²) < 4.78 is 11.3. The molecule has 152 valence electrons. The Morgan fingerprint density at radius 2 is 1.81 bits per heavy atom. The fourth-order valence-electron chi connectivity index (χ4n) is 3.52. The largest absolute Gasteiger partial charge is 0.494 e. The van der Waals surface area contributed by atoms with Gasteiger partial charge in [0.25, 0.3) is 5.91 Å². The molecule has 5 nitrogen and oxygen atoms in total. The van der Waals surface area contributed by atoms with Gasteiger partial charge in [0.1, 0.15) is 11.4 Å². The van der Waals surface area contributed by atoms with Crippen LogP contribution in [0.25, 0.3) is 0 Å². The Morgan fingerprint density at radius 3 is 2.41 bits per heavy atom. The van der Waals surface area contributed by atoms with E-state index in [1.807, 2.05) is 38.1 Å². The molecule has 1 aromatic rings. The molecule has 1 aliphatic rings. The molecule has 1 aromatic carbocycles. The number of carbonyl (C=O) groups is 1. The number of carbonyl (C=O) groups excluding carboxylic acids is 1. The maximum absolute atomic E-state index is 12.5. The Balaban J connectivity index is 1.73. The number of nitrogens with zero attached hydrogens (tertiary/aromatic N) is 1. The molecule has 27 heavy (non-hydrogen) atoms. The van der Waals surface area contributed by atoms with Crippen LogP contribution in [0.4, 0.5) is 5.69 Å². The van der Waals surface area contributed by atoms with E-state index >= 15 is 0 Å². The highest BCUT2D eigenvalue weighted by molar-refractivity contribution is 5.97. The van der Waals surface area contributed by atoms with Crippen LogP contribution in [0.3, 0.4) is 0 Å². The molecule has 0 saturated carbocycles. The van der Waals surface area contributed by atoms with Gasteiger partial charge in [-0.2, -0.15) is 0 Å². The topological polar surface area (TPSA) is 50.8 Å². The minimum Gasteiger partial charge on any atom is -0.494 e. The first-order valence-corrected chi connectivity index (χ1v) is 10.4. The minimum absolute atomic E-state index is 0.113. The Morgan fingerprint density at radius 1 is 1.15 bits per heavy atom. The number of hydrogen-bond acceptors (Lipinski definition) is 4. The van der Waals surface area contributed by atoms with Crippen molar-refractivity contribution in [3.8, 4) is 5.75 Å². The second-order valence-electron chi connectivity index (χ2n) is 7.62. The van der Waals surface area contributed by atoms with Crippen LogP contribution in [0.5, 0.6) is 5.75 Å². The minimum atomic E-state index is -0.794. The average Bonchev–Trinajstić information content (AvgIpc) is 2.95. The number of amides is 1. The summed E-state index contributed by atoms with van der Waals surface area (Å²) in [5.41, 5.74) is -0.0339. The summed E-state index contributed by atoms with van der Waals surface area (Å²) in [7, 11) is 1.58. The summed E-state index contributed by atoms with van der Waals surface area (Å²) in [6.45, 7) is 8.17. The maximum atomic E-state index is 12.5. The van der Waals surface area contributed by atoms with Gasteiger partial charge in [0.05, 0.1) is 6.61 Å². The van der Waals surface area contributed by atoms with Gasteiger partial charge in [-0.3, -0.25) is 4.79 Å². The zero-order valence-electron chi connectivity index (χ0n) is 17.3. The monoisotopic (exact) mass is 376 g/mol. The molecule has 0 unspecified atom stereocenters. The zero-order valence-corrected chi connectivity index (χ0v) is 17.3. The second-order valence-corrected chi connectivity index (χ2v) is 7.62. The Hall–Kier alpha value is -1.59. The second kappa shape index (κ2) is 11.3. The maximum Gasteiger partial charge on any atom is 0.256 e. The summed E-state index contributed by atoms with van der Waals surface area (Å²) in [5.74, 6) is 0.727. The number of benzene rings is 1. The molecule has 1 fully saturated rings. The van der Waals surface area contributed by atoms with Crippen LogP contribution in [0, 0.1) is 0 Å². The van der Waals surface area contributed by atoms with Crippen LogP contribution >= 0.6 is 0 Å². The number of likely N-dealkylation sites (tertiary alicyclic amines) is 1. The first-order valence-electron chi connectivity index (χ1n) is 10.4. The van der Waals surface area contributed by atoms with E-state index in [1.54, 1.807) is 7.11 Å². The van der Waals surface area contributed by atoms with E-state index in [1.165, 1.54) is 38.8 Å². The van der Waals surface area contributed by atoms with Crippen LogP contribution in [0.2, 0.25) is 0 Å². The number of anilines is 1. The van der Waals surface area contributed by atoms with E-state index in [-0.39, 0.29) is 5.91 Å². The van der Waals surface area contributed by atoms with E-state index in [0.29, 0.717) is 6.42 Å². The number of hydrogen-bond donors (Lipinski definition) is 1. The molecule has 5 heteroatoms. The third-order valence-corrected chi connectivity index (χ3v) is 5.36. The van der Waals surface area contributed by atoms with Crippen molar-refractivity contribution in [2.75, 3.05) is 38.7 Å². The summed E-state index contributed by atoms with van der Waals surface area (Å²) in [6, 6.07) is 7.57. The fourth-order valence-corrected chi connectivity index (χ4v) is 3.52. The molecule has 0 spiro atoms. The van der Waals surface area contributed by atoms with Crippen molar-refractivity contribution in [3.63, 3.8) is 0 Å². The number of nitrogens with one attached hydrogen (secondary N) is 1. The first-order chi connectivity index (χ1) is 13.1. The highest BCUT2D eigenvalue weighted by Crippen LogP contribution is 2.21. The fraction of sp³-hybridized carbons (Fsp3) is 0.682. The van der Waals surface area contributed by atoms with Crippen molar-refractivity contribution in [2.45, 2.75) is 64.4 Å². The molecule has 1 N–H and O–H groups in total. The van der Waals surface area contributed by atoms with Crippen LogP contribution in [-0.2, 0) is 9.53 Å². The molecular formula is C22H36N2O3. The van der Waals surface area contributed by atoms with E-state index in [0.717, 1.165) is 37.4 Å². The lowest BCUT2D eigenvalue weighted by molar-refractivity contribution is -0.136. The molecule has 1 amide bonds. The number of ether oxygens (including phenoxy) is 2. The molecule has 0 aliphatic carbocycles. The number of methoxy groups -OCH3 is 1.